The predicted octanol–water partition coefficient (Wildman–Crippen LogP) is 1.67. The van der Waals surface area contributed by atoms with E-state index in [1.54, 1.807) is 4.90 Å². The molecule has 0 saturated carbocycles. The summed E-state index contributed by atoms with van der Waals surface area (Å²) in [5, 5.41) is 9.39. The number of hydrogen-bond donors (Lipinski definition) is 3. The van der Waals surface area contributed by atoms with E-state index in [4.69, 9.17) is 0 Å². The van der Waals surface area contributed by atoms with E-state index in [0.29, 0.717) is 38.0 Å². The quantitative estimate of drug-likeness (QED) is 0.739. The average Bonchev–Trinajstić information content (AvgIpc) is 2.49. The molecule has 0 atom stereocenters. The van der Waals surface area contributed by atoms with Crippen LogP contribution in [0.2, 0.25) is 0 Å². The third kappa shape index (κ3) is 2.61. The van der Waals surface area contributed by atoms with Crippen LogP contribution in [0.1, 0.15) is 35.7 Å². The van der Waals surface area contributed by atoms with E-state index in [-0.39, 0.29) is 11.9 Å². The molecule has 2 aliphatic rings. The molecule has 22 heavy (non-hydrogen) atoms. The molecule has 0 bridgehead atoms. The number of amides is 3. The van der Waals surface area contributed by atoms with Gasteiger partial charge in [0.2, 0.25) is 0 Å². The fourth-order valence-corrected chi connectivity index (χ4v) is 3.13. The zero-order valence-corrected chi connectivity index (χ0v) is 13.0. The van der Waals surface area contributed by atoms with E-state index >= 15 is 0 Å². The lowest BCUT2D eigenvalue weighted by Crippen LogP contribution is -2.63. The Morgan fingerprint density at radius 3 is 2.73 bits per heavy atom. The van der Waals surface area contributed by atoms with Crippen molar-refractivity contribution in [3.05, 3.63) is 29.3 Å². The minimum atomic E-state index is -0.442. The van der Waals surface area contributed by atoms with Crippen LogP contribution in [-0.2, 0) is 0 Å². The summed E-state index contributed by atoms with van der Waals surface area (Å²) >= 11 is 0. The molecule has 1 fully saturated rings. The number of rotatable bonds is 1. The molecule has 2 aliphatic heterocycles. The third-order valence-corrected chi connectivity index (χ3v) is 4.38. The molecule has 0 aliphatic carbocycles. The van der Waals surface area contributed by atoms with Crippen molar-refractivity contribution in [1.82, 2.24) is 15.5 Å². The molecule has 3 amide bonds. The SMILES string of the molecule is CCNC(=O)N1CCC2(CC1)NC(=O)c1cc(C)ccc1N2. The first-order valence-corrected chi connectivity index (χ1v) is 7.77. The second kappa shape index (κ2) is 5.51. The van der Waals surface area contributed by atoms with Crippen LogP contribution < -0.4 is 16.0 Å². The maximum Gasteiger partial charge on any atom is 0.317 e. The van der Waals surface area contributed by atoms with Gasteiger partial charge in [0, 0.05) is 38.2 Å². The summed E-state index contributed by atoms with van der Waals surface area (Å²) < 4.78 is 0. The van der Waals surface area contributed by atoms with Gasteiger partial charge in [-0.1, -0.05) is 11.6 Å². The van der Waals surface area contributed by atoms with E-state index in [1.807, 2.05) is 32.0 Å². The number of anilines is 1. The van der Waals surface area contributed by atoms with Crippen LogP contribution in [0.3, 0.4) is 0 Å². The van der Waals surface area contributed by atoms with Gasteiger partial charge in [0.15, 0.2) is 0 Å². The van der Waals surface area contributed by atoms with Crippen molar-refractivity contribution in [2.24, 2.45) is 0 Å². The van der Waals surface area contributed by atoms with Gasteiger partial charge in [0.05, 0.1) is 5.56 Å². The third-order valence-electron chi connectivity index (χ3n) is 4.38. The van der Waals surface area contributed by atoms with Crippen molar-refractivity contribution in [2.75, 3.05) is 25.0 Å². The van der Waals surface area contributed by atoms with Crippen LogP contribution >= 0.6 is 0 Å². The molecule has 1 spiro atoms. The topological polar surface area (TPSA) is 73.5 Å². The van der Waals surface area contributed by atoms with Crippen LogP contribution in [0.5, 0.6) is 0 Å². The summed E-state index contributed by atoms with van der Waals surface area (Å²) in [4.78, 5) is 26.1. The molecule has 118 valence electrons. The monoisotopic (exact) mass is 302 g/mol. The van der Waals surface area contributed by atoms with Crippen molar-refractivity contribution in [2.45, 2.75) is 32.4 Å². The molecule has 3 rings (SSSR count). The number of hydrogen-bond acceptors (Lipinski definition) is 3. The number of fused-ring (bicyclic) bond motifs is 1. The highest BCUT2D eigenvalue weighted by molar-refractivity contribution is 6.02. The van der Waals surface area contributed by atoms with Gasteiger partial charge < -0.3 is 20.9 Å². The molecule has 1 aromatic carbocycles. The molecular formula is C16H22N4O2. The number of benzene rings is 1. The van der Waals surface area contributed by atoms with Gasteiger partial charge in [-0.2, -0.15) is 0 Å². The Morgan fingerprint density at radius 1 is 1.32 bits per heavy atom. The van der Waals surface area contributed by atoms with Gasteiger partial charge in [0.25, 0.3) is 5.91 Å². The summed E-state index contributed by atoms with van der Waals surface area (Å²) in [5.74, 6) is -0.0380. The Bertz CT molecular complexity index is 606. The number of carbonyl (C=O) groups excluding carboxylic acids is 2. The number of nitrogens with zero attached hydrogens (tertiary/aromatic N) is 1. The standard InChI is InChI=1S/C16H22N4O2/c1-3-17-15(22)20-8-6-16(7-9-20)18-13-5-4-11(2)10-12(13)14(21)19-16/h4-5,10,18H,3,6-9H2,1-2H3,(H,17,22)(H,19,21). The first kappa shape index (κ1) is 14.7. The van der Waals surface area contributed by atoms with Gasteiger partial charge in [-0.25, -0.2) is 4.79 Å². The highest BCUT2D eigenvalue weighted by atomic mass is 16.2. The van der Waals surface area contributed by atoms with Gasteiger partial charge in [-0.3, -0.25) is 4.79 Å². The van der Waals surface area contributed by atoms with E-state index in [1.165, 1.54) is 0 Å². The highest BCUT2D eigenvalue weighted by Gasteiger charge is 2.40. The van der Waals surface area contributed by atoms with Crippen molar-refractivity contribution in [3.8, 4) is 0 Å². The van der Waals surface area contributed by atoms with E-state index in [2.05, 4.69) is 16.0 Å². The Balaban J connectivity index is 1.73. The second-order valence-corrected chi connectivity index (χ2v) is 6.03. The molecular weight excluding hydrogens is 280 g/mol. The van der Waals surface area contributed by atoms with Crippen molar-refractivity contribution < 1.29 is 9.59 Å². The largest absolute Gasteiger partial charge is 0.362 e. The van der Waals surface area contributed by atoms with Crippen LogP contribution in [0.4, 0.5) is 10.5 Å². The predicted molar refractivity (Wildman–Crippen MR) is 84.9 cm³/mol. The minimum Gasteiger partial charge on any atom is -0.362 e. The molecule has 3 N–H and O–H groups in total. The van der Waals surface area contributed by atoms with Crippen LogP contribution in [0, 0.1) is 6.92 Å². The molecule has 1 saturated heterocycles. The maximum absolute atomic E-state index is 12.4. The molecule has 0 radical (unpaired) electrons. The molecule has 6 nitrogen and oxygen atoms in total. The lowest BCUT2D eigenvalue weighted by Gasteiger charge is -2.45. The zero-order chi connectivity index (χ0) is 15.7. The summed E-state index contributed by atoms with van der Waals surface area (Å²) in [7, 11) is 0. The normalized spacial score (nSPS) is 19.2. The average molecular weight is 302 g/mol. The summed E-state index contributed by atoms with van der Waals surface area (Å²) in [6, 6.07) is 5.83. The van der Waals surface area contributed by atoms with Gasteiger partial charge in [0.1, 0.15) is 5.66 Å². The number of carbonyl (C=O) groups is 2. The number of nitrogens with one attached hydrogen (secondary N) is 3. The molecule has 6 heteroatoms. The van der Waals surface area contributed by atoms with Gasteiger partial charge in [-0.05, 0) is 26.0 Å². The Kier molecular flexibility index (Phi) is 3.68. The summed E-state index contributed by atoms with van der Waals surface area (Å²) in [6.45, 7) is 5.76. The fraction of sp³-hybridized carbons (Fsp3) is 0.500. The van der Waals surface area contributed by atoms with Crippen molar-refractivity contribution >= 4 is 17.6 Å². The van der Waals surface area contributed by atoms with Crippen LogP contribution in [0.25, 0.3) is 0 Å². The number of urea groups is 1. The lowest BCUT2D eigenvalue weighted by molar-refractivity contribution is 0.0848. The number of aryl methyl sites for hydroxylation is 1. The summed E-state index contributed by atoms with van der Waals surface area (Å²) in [6.07, 6.45) is 1.40. The van der Waals surface area contributed by atoms with Crippen LogP contribution in [-0.4, -0.2) is 42.1 Å². The molecule has 1 aromatic rings. The van der Waals surface area contributed by atoms with E-state index in [0.717, 1.165) is 11.3 Å². The summed E-state index contributed by atoms with van der Waals surface area (Å²) in [5.41, 5.74) is 2.19. The number of likely N-dealkylation sites (tertiary alicyclic amines) is 1. The van der Waals surface area contributed by atoms with Crippen molar-refractivity contribution in [1.29, 1.82) is 0 Å². The molecule has 0 aromatic heterocycles. The molecule has 2 heterocycles. The number of piperidine rings is 1. The van der Waals surface area contributed by atoms with E-state index in [9.17, 15) is 9.59 Å². The maximum atomic E-state index is 12.4. The smallest absolute Gasteiger partial charge is 0.317 e. The minimum absolute atomic E-state index is 0.0319. The first-order valence-electron chi connectivity index (χ1n) is 7.77. The van der Waals surface area contributed by atoms with Gasteiger partial charge in [-0.15, -0.1) is 0 Å². The second-order valence-electron chi connectivity index (χ2n) is 6.03. The van der Waals surface area contributed by atoms with Crippen molar-refractivity contribution in [3.63, 3.8) is 0 Å². The Hall–Kier alpha value is -2.24. The molecule has 0 unspecified atom stereocenters. The Morgan fingerprint density at radius 2 is 2.05 bits per heavy atom. The Labute approximate surface area is 130 Å². The van der Waals surface area contributed by atoms with Gasteiger partial charge >= 0.3 is 6.03 Å². The van der Waals surface area contributed by atoms with E-state index < -0.39 is 5.66 Å². The zero-order valence-electron chi connectivity index (χ0n) is 13.0. The van der Waals surface area contributed by atoms with Crippen LogP contribution in [0.15, 0.2) is 18.2 Å². The lowest BCUT2D eigenvalue weighted by atomic mass is 9.92. The first-order chi connectivity index (χ1) is 10.5. The fourth-order valence-electron chi connectivity index (χ4n) is 3.13. The highest BCUT2D eigenvalue weighted by Crippen LogP contribution is 2.31.